The minimum atomic E-state index is -0.800. The van der Waals surface area contributed by atoms with E-state index >= 15 is 0 Å². The number of carboxylic acids is 1. The molecule has 1 saturated carbocycles. The van der Waals surface area contributed by atoms with E-state index in [1.165, 1.54) is 18.1 Å². The van der Waals surface area contributed by atoms with Gasteiger partial charge in [0.1, 0.15) is 0 Å². The molecule has 2 aliphatic rings. The number of allylic oxidation sites excluding steroid dienone is 3. The second-order valence-electron chi connectivity index (χ2n) is 6.31. The van der Waals surface area contributed by atoms with Crippen LogP contribution in [0.15, 0.2) is 23.3 Å². The Morgan fingerprint density at radius 3 is 2.75 bits per heavy atom. The van der Waals surface area contributed by atoms with Crippen LogP contribution in [0.1, 0.15) is 40.0 Å². The van der Waals surface area contributed by atoms with Crippen LogP contribution < -0.4 is 0 Å². The fourth-order valence-electron chi connectivity index (χ4n) is 2.94. The molecule has 16 heavy (non-hydrogen) atoms. The second-order valence-corrected chi connectivity index (χ2v) is 6.31. The lowest BCUT2D eigenvalue weighted by atomic mass is 9.71. The van der Waals surface area contributed by atoms with E-state index in [1.807, 2.05) is 0 Å². The van der Waals surface area contributed by atoms with E-state index in [1.54, 1.807) is 0 Å². The number of aliphatic carboxylic acids is 1. The SMILES string of the molecule is CC(C)(C)CC1=C[C@@H]2C(=CC(=O)O)CC2C1. The lowest BCUT2D eigenvalue weighted by Gasteiger charge is -2.33. The Balaban J connectivity index is 2.03. The predicted molar refractivity (Wildman–Crippen MR) is 64.1 cm³/mol. The summed E-state index contributed by atoms with van der Waals surface area (Å²) in [4.78, 5) is 10.6. The largest absolute Gasteiger partial charge is 0.478 e. The molecule has 0 aliphatic heterocycles. The highest BCUT2D eigenvalue weighted by atomic mass is 16.4. The zero-order valence-electron chi connectivity index (χ0n) is 10.3. The summed E-state index contributed by atoms with van der Waals surface area (Å²) in [6.45, 7) is 6.76. The van der Waals surface area contributed by atoms with Crippen LogP contribution in [0.2, 0.25) is 0 Å². The molecular weight excluding hydrogens is 200 g/mol. The first-order valence-corrected chi connectivity index (χ1v) is 5.98. The predicted octanol–water partition coefficient (Wildman–Crippen LogP) is 3.40. The average molecular weight is 220 g/mol. The van der Waals surface area contributed by atoms with Crippen LogP contribution in [0.3, 0.4) is 0 Å². The summed E-state index contributed by atoms with van der Waals surface area (Å²) in [5.74, 6) is 0.336. The van der Waals surface area contributed by atoms with Crippen LogP contribution in [0.4, 0.5) is 0 Å². The Hall–Kier alpha value is -1.05. The topological polar surface area (TPSA) is 37.3 Å². The zero-order chi connectivity index (χ0) is 11.9. The molecule has 0 bridgehead atoms. The quantitative estimate of drug-likeness (QED) is 0.572. The minimum absolute atomic E-state index is 0.340. The number of fused-ring (bicyclic) bond motifs is 1. The first-order valence-electron chi connectivity index (χ1n) is 5.98. The maximum Gasteiger partial charge on any atom is 0.328 e. The summed E-state index contributed by atoms with van der Waals surface area (Å²) in [6, 6.07) is 0. The zero-order valence-corrected chi connectivity index (χ0v) is 10.3. The molecule has 88 valence electrons. The lowest BCUT2D eigenvalue weighted by Crippen LogP contribution is -2.24. The summed E-state index contributed by atoms with van der Waals surface area (Å²) >= 11 is 0. The molecule has 2 atom stereocenters. The van der Waals surface area contributed by atoms with Gasteiger partial charge in [0.25, 0.3) is 0 Å². The van der Waals surface area contributed by atoms with Crippen LogP contribution in [-0.2, 0) is 4.79 Å². The Morgan fingerprint density at radius 1 is 1.50 bits per heavy atom. The molecule has 1 N–H and O–H groups in total. The molecule has 0 radical (unpaired) electrons. The molecule has 1 unspecified atom stereocenters. The van der Waals surface area contributed by atoms with Gasteiger partial charge in [-0.1, -0.05) is 38.0 Å². The van der Waals surface area contributed by atoms with Crippen molar-refractivity contribution >= 4 is 5.97 Å². The van der Waals surface area contributed by atoms with Crippen molar-refractivity contribution in [3.63, 3.8) is 0 Å². The van der Waals surface area contributed by atoms with Gasteiger partial charge in [0.05, 0.1) is 0 Å². The first kappa shape index (κ1) is 11.4. The number of carboxylic acid groups (broad SMARTS) is 1. The molecule has 1 fully saturated rings. The van der Waals surface area contributed by atoms with Crippen LogP contribution in [0.25, 0.3) is 0 Å². The smallest absolute Gasteiger partial charge is 0.328 e. The summed E-state index contributed by atoms with van der Waals surface area (Å²) in [7, 11) is 0. The van der Waals surface area contributed by atoms with Gasteiger partial charge in [-0.2, -0.15) is 0 Å². The molecule has 0 aromatic carbocycles. The molecule has 2 aliphatic carbocycles. The Labute approximate surface area is 97.0 Å². The molecule has 2 heteroatoms. The summed E-state index contributed by atoms with van der Waals surface area (Å²) in [5.41, 5.74) is 2.98. The van der Waals surface area contributed by atoms with Gasteiger partial charge in [0.2, 0.25) is 0 Å². The van der Waals surface area contributed by atoms with Crippen LogP contribution in [-0.4, -0.2) is 11.1 Å². The lowest BCUT2D eigenvalue weighted by molar-refractivity contribution is -0.131. The molecule has 0 aromatic heterocycles. The number of hydrogen-bond acceptors (Lipinski definition) is 1. The highest BCUT2D eigenvalue weighted by molar-refractivity contribution is 5.81. The van der Waals surface area contributed by atoms with Crippen LogP contribution in [0.5, 0.6) is 0 Å². The first-order chi connectivity index (χ1) is 7.35. The third-order valence-corrected chi connectivity index (χ3v) is 3.44. The third kappa shape index (κ3) is 2.37. The van der Waals surface area contributed by atoms with Gasteiger partial charge in [0, 0.05) is 12.0 Å². The second kappa shape index (κ2) is 3.76. The van der Waals surface area contributed by atoms with Crippen molar-refractivity contribution in [2.24, 2.45) is 17.3 Å². The van der Waals surface area contributed by atoms with Crippen molar-refractivity contribution in [2.75, 3.05) is 0 Å². The van der Waals surface area contributed by atoms with Crippen LogP contribution in [0, 0.1) is 17.3 Å². The van der Waals surface area contributed by atoms with Gasteiger partial charge in [-0.25, -0.2) is 4.79 Å². The van der Waals surface area contributed by atoms with Crippen molar-refractivity contribution in [2.45, 2.75) is 40.0 Å². The molecule has 0 heterocycles. The van der Waals surface area contributed by atoms with Gasteiger partial charge in [0.15, 0.2) is 0 Å². The van der Waals surface area contributed by atoms with Crippen molar-refractivity contribution in [3.05, 3.63) is 23.3 Å². The van der Waals surface area contributed by atoms with Crippen molar-refractivity contribution in [3.8, 4) is 0 Å². The normalized spacial score (nSPS) is 30.9. The van der Waals surface area contributed by atoms with E-state index in [4.69, 9.17) is 5.11 Å². The van der Waals surface area contributed by atoms with Crippen molar-refractivity contribution in [1.82, 2.24) is 0 Å². The maximum absolute atomic E-state index is 10.6. The molecule has 2 nitrogen and oxygen atoms in total. The Morgan fingerprint density at radius 2 is 2.19 bits per heavy atom. The van der Waals surface area contributed by atoms with Gasteiger partial charge >= 0.3 is 5.97 Å². The van der Waals surface area contributed by atoms with E-state index in [9.17, 15) is 4.79 Å². The van der Waals surface area contributed by atoms with Crippen molar-refractivity contribution < 1.29 is 9.90 Å². The fourth-order valence-corrected chi connectivity index (χ4v) is 2.94. The molecule has 0 amide bonds. The van der Waals surface area contributed by atoms with Crippen LogP contribution >= 0.6 is 0 Å². The number of hydrogen-bond donors (Lipinski definition) is 1. The molecule has 0 spiro atoms. The van der Waals surface area contributed by atoms with E-state index < -0.39 is 5.97 Å². The standard InChI is InChI=1S/C14H20O2/c1-14(2,3)8-9-4-10-6-11(7-13(15)16)12(10)5-9/h5,7,10,12H,4,6,8H2,1-3H3,(H,15,16)/t10?,12-/m0/s1. The molecule has 2 rings (SSSR count). The highest BCUT2D eigenvalue weighted by Crippen LogP contribution is 2.51. The molecular formula is C14H20O2. The van der Waals surface area contributed by atoms with E-state index in [-0.39, 0.29) is 0 Å². The van der Waals surface area contributed by atoms with Gasteiger partial charge in [-0.3, -0.25) is 0 Å². The Kier molecular flexibility index (Phi) is 2.69. The minimum Gasteiger partial charge on any atom is -0.478 e. The molecule has 0 aromatic rings. The molecule has 0 saturated heterocycles. The fraction of sp³-hybridized carbons (Fsp3) is 0.643. The highest BCUT2D eigenvalue weighted by Gasteiger charge is 2.39. The third-order valence-electron chi connectivity index (χ3n) is 3.44. The summed E-state index contributed by atoms with van der Waals surface area (Å²) in [5, 5.41) is 8.72. The number of rotatable bonds is 2. The van der Waals surface area contributed by atoms with Gasteiger partial charge < -0.3 is 5.11 Å². The summed E-state index contributed by atoms with van der Waals surface area (Å²) < 4.78 is 0. The Bertz CT molecular complexity index is 369. The summed E-state index contributed by atoms with van der Waals surface area (Å²) in [6.07, 6.45) is 7.02. The van der Waals surface area contributed by atoms with Gasteiger partial charge in [-0.15, -0.1) is 0 Å². The van der Waals surface area contributed by atoms with Gasteiger partial charge in [-0.05, 0) is 30.6 Å². The van der Waals surface area contributed by atoms with E-state index in [2.05, 4.69) is 26.8 Å². The monoisotopic (exact) mass is 220 g/mol. The van der Waals surface area contributed by atoms with E-state index in [0.717, 1.165) is 18.4 Å². The maximum atomic E-state index is 10.6. The van der Waals surface area contributed by atoms with E-state index in [0.29, 0.717) is 17.3 Å². The van der Waals surface area contributed by atoms with Crippen molar-refractivity contribution in [1.29, 1.82) is 0 Å². The average Bonchev–Trinajstić information content (AvgIpc) is 2.37. The number of carbonyl (C=O) groups is 1.